The van der Waals surface area contributed by atoms with Crippen LogP contribution >= 0.6 is 0 Å². The van der Waals surface area contributed by atoms with Crippen LogP contribution in [0.4, 0.5) is 17.5 Å². The zero-order valence-corrected chi connectivity index (χ0v) is 20.3. The first-order valence-corrected chi connectivity index (χ1v) is 11.8. The van der Waals surface area contributed by atoms with Crippen molar-refractivity contribution in [3.05, 3.63) is 47.8 Å². The van der Waals surface area contributed by atoms with E-state index in [2.05, 4.69) is 40.9 Å². The van der Waals surface area contributed by atoms with Crippen LogP contribution in [0.1, 0.15) is 19.9 Å². The molecule has 3 aromatic heterocycles. The molecule has 184 valence electrons. The summed E-state index contributed by atoms with van der Waals surface area (Å²) in [4.78, 5) is 22.0. The number of pyridine rings is 1. The van der Waals surface area contributed by atoms with Crippen molar-refractivity contribution >= 4 is 34.3 Å². The van der Waals surface area contributed by atoms with Crippen molar-refractivity contribution in [2.24, 2.45) is 0 Å². The van der Waals surface area contributed by atoms with Gasteiger partial charge in [0, 0.05) is 48.7 Å². The average molecular weight is 487 g/mol. The predicted octanol–water partition coefficient (Wildman–Crippen LogP) is 2.37. The molecule has 0 radical (unpaired) electrons. The van der Waals surface area contributed by atoms with E-state index in [-0.39, 0.29) is 11.9 Å². The van der Waals surface area contributed by atoms with Crippen molar-refractivity contribution in [1.29, 1.82) is 0 Å². The maximum absolute atomic E-state index is 13.4. The Bertz CT molecular complexity index is 1480. The molecule has 2 aliphatic rings. The van der Waals surface area contributed by atoms with Crippen LogP contribution in [0.3, 0.4) is 0 Å². The number of rotatable bonds is 4. The summed E-state index contributed by atoms with van der Waals surface area (Å²) in [6, 6.07) is 9.42. The number of ether oxygens (including phenoxy) is 1. The lowest BCUT2D eigenvalue weighted by molar-refractivity contribution is -0.113. The maximum Gasteiger partial charge on any atom is 0.255 e. The smallest absolute Gasteiger partial charge is 0.255 e. The van der Waals surface area contributed by atoms with E-state index in [1.807, 2.05) is 56.1 Å². The number of nitrogens with zero attached hydrogens (tertiary/aromatic N) is 8. The number of carbonyl (C=O) groups is 1. The van der Waals surface area contributed by atoms with Crippen LogP contribution < -0.4 is 15.1 Å². The van der Waals surface area contributed by atoms with Crippen molar-refractivity contribution in [2.45, 2.75) is 19.9 Å². The minimum atomic E-state index is -0.296. The summed E-state index contributed by atoms with van der Waals surface area (Å²) in [6.07, 6.45) is 1.80. The number of aromatic nitrogens is 7. The molecule has 1 atom stereocenters. The Morgan fingerprint density at radius 3 is 2.86 bits per heavy atom. The highest BCUT2D eigenvalue weighted by atomic mass is 16.5. The monoisotopic (exact) mass is 486 g/mol. The number of H-pyrrole nitrogens is 1. The Hall–Kier alpha value is -4.32. The first-order chi connectivity index (χ1) is 17.5. The largest absolute Gasteiger partial charge is 0.378 e. The SMILES string of the molecule is CC1=C(C(=O)Nc2ccc3[nH]nc(-c4ccnc(N5CCOCC5)c4)c3c2)C(C)n2nnnc2N1C. The maximum atomic E-state index is 13.4. The van der Waals surface area contributed by atoms with Crippen LogP contribution in [0.15, 0.2) is 47.8 Å². The molecule has 36 heavy (non-hydrogen) atoms. The molecule has 5 heterocycles. The molecular weight excluding hydrogens is 460 g/mol. The van der Waals surface area contributed by atoms with Gasteiger partial charge in [0.25, 0.3) is 5.91 Å². The van der Waals surface area contributed by atoms with Crippen LogP contribution in [0.5, 0.6) is 0 Å². The van der Waals surface area contributed by atoms with Crippen LogP contribution in [-0.2, 0) is 9.53 Å². The molecule has 4 aromatic rings. The molecule has 12 nitrogen and oxygen atoms in total. The number of benzene rings is 1. The molecule has 0 aliphatic carbocycles. The molecular formula is C24H26N10O2. The van der Waals surface area contributed by atoms with Gasteiger partial charge in [-0.15, -0.1) is 0 Å². The van der Waals surface area contributed by atoms with Gasteiger partial charge in [-0.2, -0.15) is 5.10 Å². The van der Waals surface area contributed by atoms with Crippen LogP contribution in [0.25, 0.3) is 22.2 Å². The minimum absolute atomic E-state index is 0.198. The second-order valence-electron chi connectivity index (χ2n) is 8.95. The van der Waals surface area contributed by atoms with Gasteiger partial charge in [-0.25, -0.2) is 9.67 Å². The lowest BCUT2D eigenvalue weighted by atomic mass is 10.0. The molecule has 2 N–H and O–H groups in total. The second-order valence-corrected chi connectivity index (χ2v) is 8.95. The van der Waals surface area contributed by atoms with Crippen LogP contribution in [0, 0.1) is 0 Å². The van der Waals surface area contributed by atoms with E-state index in [1.165, 1.54) is 0 Å². The van der Waals surface area contributed by atoms with Crippen molar-refractivity contribution in [2.75, 3.05) is 48.5 Å². The zero-order chi connectivity index (χ0) is 24.8. The molecule has 12 heteroatoms. The summed E-state index contributed by atoms with van der Waals surface area (Å²) < 4.78 is 7.11. The molecule has 1 aromatic carbocycles. The Balaban J connectivity index is 1.30. The third kappa shape index (κ3) is 3.66. The number of morpholine rings is 1. The number of allylic oxidation sites excluding steroid dienone is 1. The van der Waals surface area contributed by atoms with E-state index in [9.17, 15) is 4.79 Å². The van der Waals surface area contributed by atoms with Gasteiger partial charge in [0.05, 0.1) is 30.3 Å². The Kier molecular flexibility index (Phi) is 5.37. The molecule has 1 unspecified atom stereocenters. The van der Waals surface area contributed by atoms with Crippen molar-refractivity contribution in [1.82, 2.24) is 35.4 Å². The summed E-state index contributed by atoms with van der Waals surface area (Å²) in [6.45, 7) is 6.82. The summed E-state index contributed by atoms with van der Waals surface area (Å²) in [7, 11) is 1.85. The molecule has 0 bridgehead atoms. The predicted molar refractivity (Wildman–Crippen MR) is 135 cm³/mol. The number of carbonyl (C=O) groups excluding carboxylic acids is 1. The van der Waals surface area contributed by atoms with Crippen molar-refractivity contribution < 1.29 is 9.53 Å². The van der Waals surface area contributed by atoms with Gasteiger partial charge in [-0.1, -0.05) is 5.10 Å². The third-order valence-corrected chi connectivity index (χ3v) is 6.87. The summed E-state index contributed by atoms with van der Waals surface area (Å²) in [5.41, 5.74) is 4.72. The summed E-state index contributed by atoms with van der Waals surface area (Å²) >= 11 is 0. The normalized spacial score (nSPS) is 18.0. The highest BCUT2D eigenvalue weighted by molar-refractivity contribution is 6.07. The first-order valence-electron chi connectivity index (χ1n) is 11.8. The second kappa shape index (κ2) is 8.72. The Morgan fingerprint density at radius 1 is 1.19 bits per heavy atom. The number of tetrazole rings is 1. The highest BCUT2D eigenvalue weighted by Crippen LogP contribution is 2.34. The van der Waals surface area contributed by atoms with Gasteiger partial charge in [0.1, 0.15) is 11.5 Å². The number of amides is 1. The van der Waals surface area contributed by atoms with Crippen molar-refractivity contribution in [3.8, 4) is 11.3 Å². The summed E-state index contributed by atoms with van der Waals surface area (Å²) in [5.74, 6) is 1.31. The first kappa shape index (κ1) is 22.2. The highest BCUT2D eigenvalue weighted by Gasteiger charge is 2.32. The number of hydrogen-bond acceptors (Lipinski definition) is 9. The minimum Gasteiger partial charge on any atom is -0.378 e. The lowest BCUT2D eigenvalue weighted by Gasteiger charge is -2.30. The Labute approximate surface area is 206 Å². The number of aromatic amines is 1. The van der Waals surface area contributed by atoms with Gasteiger partial charge in [0.15, 0.2) is 0 Å². The molecule has 0 saturated carbocycles. The summed E-state index contributed by atoms with van der Waals surface area (Å²) in [5, 5.41) is 23.5. The van der Waals surface area contributed by atoms with Gasteiger partial charge >= 0.3 is 0 Å². The van der Waals surface area contributed by atoms with E-state index in [0.717, 1.165) is 46.8 Å². The van der Waals surface area contributed by atoms with Gasteiger partial charge in [0.2, 0.25) is 5.95 Å². The fourth-order valence-electron chi connectivity index (χ4n) is 4.81. The molecule has 1 saturated heterocycles. The number of nitrogens with one attached hydrogen (secondary N) is 2. The van der Waals surface area contributed by atoms with Crippen LogP contribution in [0.2, 0.25) is 0 Å². The standard InChI is InChI=1S/C24H26N10O2/c1-14-21(15(2)34-24(32(14)3)29-30-31-34)23(35)26-17-4-5-19-18(13-17)22(28-27-19)16-6-7-25-20(12-16)33-8-10-36-11-9-33/h4-7,12-13,15H,8-11H2,1-3H3,(H,26,35)(H,27,28). The number of fused-ring (bicyclic) bond motifs is 2. The van der Waals surface area contributed by atoms with E-state index >= 15 is 0 Å². The average Bonchev–Trinajstić information content (AvgIpc) is 3.56. The lowest BCUT2D eigenvalue weighted by Crippen LogP contribution is -2.36. The van der Waals surface area contributed by atoms with E-state index in [4.69, 9.17) is 4.74 Å². The van der Waals surface area contributed by atoms with Gasteiger partial charge < -0.3 is 19.9 Å². The molecule has 1 fully saturated rings. The number of anilines is 3. The molecule has 0 spiro atoms. The fraction of sp³-hybridized carbons (Fsp3) is 0.333. The molecule has 2 aliphatic heterocycles. The quantitative estimate of drug-likeness (QED) is 0.446. The molecule has 1 amide bonds. The van der Waals surface area contributed by atoms with Gasteiger partial charge in [-0.3, -0.25) is 9.89 Å². The van der Waals surface area contributed by atoms with E-state index in [0.29, 0.717) is 30.4 Å². The topological polar surface area (TPSA) is 130 Å². The third-order valence-electron chi connectivity index (χ3n) is 6.87. The van der Waals surface area contributed by atoms with E-state index < -0.39 is 0 Å². The number of hydrogen-bond donors (Lipinski definition) is 2. The Morgan fingerprint density at radius 2 is 2.03 bits per heavy atom. The van der Waals surface area contributed by atoms with E-state index in [1.54, 1.807) is 10.9 Å². The fourth-order valence-corrected chi connectivity index (χ4v) is 4.81. The zero-order valence-electron chi connectivity index (χ0n) is 20.3. The molecule has 6 rings (SSSR count). The van der Waals surface area contributed by atoms with Crippen LogP contribution in [-0.4, -0.2) is 74.6 Å². The van der Waals surface area contributed by atoms with Crippen molar-refractivity contribution in [3.63, 3.8) is 0 Å². The van der Waals surface area contributed by atoms with Gasteiger partial charge in [-0.05, 0) is 54.6 Å².